The lowest BCUT2D eigenvalue weighted by Gasteiger charge is -1.65. The minimum absolute atomic E-state index is 1.84. The Labute approximate surface area is 32.2 Å². The Morgan fingerprint density at radius 3 is 2.20 bits per heavy atom. The normalized spacial score (nSPS) is 3.00. The van der Waals surface area contributed by atoms with Gasteiger partial charge in [-0.3, -0.25) is 17.8 Å². The van der Waals surface area contributed by atoms with E-state index in [1.165, 1.54) is 0 Å². The van der Waals surface area contributed by atoms with Crippen molar-refractivity contribution in [3.05, 3.63) is 13.3 Å². The Hall–Kier alpha value is -1.01. The van der Waals surface area contributed by atoms with Crippen LogP contribution in [-0.4, -0.2) is 0 Å². The molecule has 0 heterocycles. The number of hydrogen-bond acceptors (Lipinski definition) is 0. The highest BCUT2D eigenvalue weighted by molar-refractivity contribution is 5.19. The highest BCUT2D eigenvalue weighted by Crippen LogP contribution is 1.40. The van der Waals surface area contributed by atoms with Crippen LogP contribution in [0.4, 0.5) is 0 Å². The average molecular weight is 62.1 g/mol. The molecule has 0 bridgehead atoms. The van der Waals surface area contributed by atoms with Gasteiger partial charge in [0.1, 0.15) is 0 Å². The number of hydrogen-bond donors (Lipinski definition) is 0. The van der Waals surface area contributed by atoms with E-state index >= 15 is 0 Å². The highest BCUT2D eigenvalue weighted by Gasteiger charge is 1.12. The molecule has 0 aromatic carbocycles. The van der Waals surface area contributed by atoms with Crippen LogP contribution in [0.5, 0.6) is 0 Å². The van der Waals surface area contributed by atoms with Crippen LogP contribution in [0, 0.1) is 31.1 Å². The van der Waals surface area contributed by atoms with Crippen LogP contribution < -0.4 is 0 Å². The summed E-state index contributed by atoms with van der Waals surface area (Å²) in [5.41, 5.74) is 0. The van der Waals surface area contributed by atoms with E-state index in [9.17, 15) is 0 Å². The van der Waals surface area contributed by atoms with Gasteiger partial charge in [-0.2, -0.15) is 6.92 Å². The molecule has 0 saturated carbocycles. The summed E-state index contributed by atoms with van der Waals surface area (Å²) in [6.07, 6.45) is 6.14. The average Bonchev–Trinajstić information content (AvgIpc) is 1.41. The summed E-state index contributed by atoms with van der Waals surface area (Å²) >= 11 is 0. The molecule has 0 saturated heterocycles. The van der Waals surface area contributed by atoms with Crippen LogP contribution in [0.25, 0.3) is 0 Å². The molecule has 0 spiro atoms. The maximum Gasteiger partial charge on any atom is -0.198 e. The molecule has 0 radical (unpaired) electrons. The Kier molecular flexibility index (Phi) is 2.39. The van der Waals surface area contributed by atoms with Gasteiger partial charge in [0, 0.05) is 0 Å². The van der Waals surface area contributed by atoms with Crippen molar-refractivity contribution in [2.45, 2.75) is 0 Å². The van der Waals surface area contributed by atoms with Crippen LogP contribution >= 0.6 is 0 Å². The Bertz CT molecular complexity index is 93.4. The first-order valence-corrected chi connectivity index (χ1v) is 1.10. The van der Waals surface area contributed by atoms with Gasteiger partial charge in [0.15, 0.2) is 0 Å². The van der Waals surface area contributed by atoms with Crippen molar-refractivity contribution in [2.75, 3.05) is 0 Å². The van der Waals surface area contributed by atoms with E-state index in [0.29, 0.717) is 0 Å². The van der Waals surface area contributed by atoms with Crippen molar-refractivity contribution in [1.82, 2.24) is 0 Å². The zero-order chi connectivity index (χ0) is 4.12. The largest absolute Gasteiger partial charge is 0.358 e. The second-order valence-corrected chi connectivity index (χ2v) is 0.427. The molecule has 0 N–H and O–H groups in total. The Morgan fingerprint density at radius 1 is 1.60 bits per heavy atom. The van der Waals surface area contributed by atoms with Crippen LogP contribution in [0.2, 0.25) is 0 Å². The van der Waals surface area contributed by atoms with Crippen LogP contribution in [0.15, 0.2) is 0 Å². The zero-order valence-corrected chi connectivity index (χ0v) is 2.71. The van der Waals surface area contributed by atoms with E-state index in [1.54, 1.807) is 0 Å². The summed E-state index contributed by atoms with van der Waals surface area (Å²) in [4.78, 5) is 0. The topological polar surface area (TPSA) is 0 Å². The van der Waals surface area contributed by atoms with Crippen molar-refractivity contribution in [2.24, 2.45) is 0 Å². The van der Waals surface area contributed by atoms with Gasteiger partial charge in [-0.25, -0.2) is 0 Å². The molecule has 0 atom stereocenters. The fourth-order valence-corrected chi connectivity index (χ4v) is 0.0442. The second kappa shape index (κ2) is 2.99. The van der Waals surface area contributed by atoms with Gasteiger partial charge < -0.3 is 6.42 Å². The molecule has 0 aliphatic rings. The van der Waals surface area contributed by atoms with Crippen molar-refractivity contribution < 1.29 is 0 Å². The van der Waals surface area contributed by atoms with Gasteiger partial charge >= 0.3 is 0 Å². The molecule has 0 unspecified atom stereocenters. The fourth-order valence-electron chi connectivity index (χ4n) is 0.0442. The third-order valence-electron chi connectivity index (χ3n) is 0.151. The van der Waals surface area contributed by atoms with Crippen molar-refractivity contribution in [3.63, 3.8) is 0 Å². The molecule has 0 aromatic heterocycles. The van der Waals surface area contributed by atoms with E-state index in [4.69, 9.17) is 6.42 Å². The lowest BCUT2D eigenvalue weighted by Crippen LogP contribution is -1.37. The molecule has 0 nitrogen and oxygen atoms in total. The van der Waals surface area contributed by atoms with Gasteiger partial charge in [-0.15, -0.1) is 0 Å². The molecule has 0 fully saturated rings. The standard InChI is InChI=1S/C5H2/c1-3-5-4-2/h1H2/q-2. The monoisotopic (exact) mass is 62.0 g/mol. The van der Waals surface area contributed by atoms with Gasteiger partial charge in [0.25, 0.3) is 0 Å². The predicted octanol–water partition coefficient (Wildman–Crippen LogP) is 0.414. The molecule has 0 aliphatic heterocycles. The summed E-state index contributed by atoms with van der Waals surface area (Å²) in [6, 6.07) is 0. The van der Waals surface area contributed by atoms with Crippen LogP contribution in [-0.2, 0) is 0 Å². The van der Waals surface area contributed by atoms with E-state index in [-0.39, 0.29) is 0 Å². The van der Waals surface area contributed by atoms with Gasteiger partial charge in [0.2, 0.25) is 0 Å². The predicted molar refractivity (Wildman–Crippen MR) is 20.3 cm³/mol. The number of rotatable bonds is 0. The zero-order valence-electron chi connectivity index (χ0n) is 2.71. The lowest BCUT2D eigenvalue weighted by molar-refractivity contribution is 2.33. The Balaban J connectivity index is 3.30. The van der Waals surface area contributed by atoms with E-state index < -0.39 is 0 Å². The first kappa shape index (κ1) is 3.99. The van der Waals surface area contributed by atoms with Crippen molar-refractivity contribution in [1.29, 1.82) is 0 Å². The first-order chi connectivity index (χ1) is 2.41. The van der Waals surface area contributed by atoms with Gasteiger partial charge in [-0.05, 0) is 0 Å². The third-order valence-corrected chi connectivity index (χ3v) is 0.151. The molecular formula is C5H2-2. The second-order valence-electron chi connectivity index (χ2n) is 0.427. The molecule has 0 aromatic rings. The van der Waals surface area contributed by atoms with Crippen LogP contribution in [0.1, 0.15) is 0 Å². The Morgan fingerprint density at radius 2 is 2.20 bits per heavy atom. The van der Waals surface area contributed by atoms with E-state index in [1.807, 2.05) is 5.92 Å². The maximum atomic E-state index is 6.14. The third kappa shape index (κ3) is 2.99. The molecule has 0 heteroatoms. The molecule has 0 aliphatic carbocycles. The lowest BCUT2D eigenvalue weighted by atomic mass is 10.6. The fraction of sp³-hybridized carbons (Fsp3) is 0. The van der Waals surface area contributed by atoms with E-state index in [0.717, 1.165) is 0 Å². The highest BCUT2D eigenvalue weighted by atomic mass is 13.4. The summed E-state index contributed by atoms with van der Waals surface area (Å²) < 4.78 is 0. The molecule has 0 amide bonds. The minimum Gasteiger partial charge on any atom is -0.358 e. The molecular weight excluding hydrogens is 60.1 g/mol. The maximum absolute atomic E-state index is 6.14. The van der Waals surface area contributed by atoms with Crippen molar-refractivity contribution in [3.8, 4) is 17.8 Å². The van der Waals surface area contributed by atoms with Gasteiger partial charge in [0.05, 0.1) is 0 Å². The van der Waals surface area contributed by atoms with Crippen LogP contribution in [0.3, 0.4) is 0 Å². The quantitative estimate of drug-likeness (QED) is 0.281. The smallest absolute Gasteiger partial charge is 0.198 e. The summed E-state index contributed by atoms with van der Waals surface area (Å²) in [6.45, 7) is 3.13. The molecule has 0 rings (SSSR count). The summed E-state index contributed by atoms with van der Waals surface area (Å²) in [5, 5.41) is 0. The van der Waals surface area contributed by atoms with E-state index in [2.05, 4.69) is 18.8 Å². The molecule has 24 valence electrons. The summed E-state index contributed by atoms with van der Waals surface area (Å²) in [7, 11) is 0. The van der Waals surface area contributed by atoms with Crippen molar-refractivity contribution >= 4 is 0 Å². The minimum atomic E-state index is 1.84. The molecule has 5 heavy (non-hydrogen) atoms. The summed E-state index contributed by atoms with van der Waals surface area (Å²) in [5.74, 6) is 6.23. The first-order valence-electron chi connectivity index (χ1n) is 1.10. The SMILES string of the molecule is [C-]#CC#C[CH2-]. The van der Waals surface area contributed by atoms with Gasteiger partial charge in [-0.1, -0.05) is 0 Å².